The molecular weight excluding hydrogens is 396 g/mol. The first kappa shape index (κ1) is 19.3. The van der Waals surface area contributed by atoms with Gasteiger partial charge in [-0.15, -0.1) is 10.2 Å². The fraction of sp³-hybridized carbons (Fsp3) is 0.381. The van der Waals surface area contributed by atoms with Gasteiger partial charge in [0.15, 0.2) is 0 Å². The average Bonchev–Trinajstić information content (AvgIpc) is 3.32. The summed E-state index contributed by atoms with van der Waals surface area (Å²) in [5.74, 6) is 1.20. The molecule has 0 unspecified atom stereocenters. The molecule has 0 saturated heterocycles. The normalized spacial score (nSPS) is 18.2. The molecule has 1 aliphatic rings. The van der Waals surface area contributed by atoms with Crippen LogP contribution in [0.2, 0.25) is 0 Å². The van der Waals surface area contributed by atoms with Crippen LogP contribution in [-0.2, 0) is 11.8 Å². The summed E-state index contributed by atoms with van der Waals surface area (Å²) in [6.45, 7) is 0. The highest BCUT2D eigenvalue weighted by molar-refractivity contribution is 5.89. The number of aromatic nitrogens is 6. The number of rotatable bonds is 5. The maximum atomic E-state index is 12.1. The zero-order valence-corrected chi connectivity index (χ0v) is 17.9. The van der Waals surface area contributed by atoms with Gasteiger partial charge in [0.25, 0.3) is 0 Å². The molecule has 10 nitrogen and oxygen atoms in total. The fourth-order valence-electron chi connectivity index (χ4n) is 4.11. The first-order chi connectivity index (χ1) is 14.9. The van der Waals surface area contributed by atoms with E-state index >= 15 is 0 Å². The number of hydrogen-bond acceptors (Lipinski definition) is 7. The summed E-state index contributed by atoms with van der Waals surface area (Å²) in [6, 6.07) is 8.18. The van der Waals surface area contributed by atoms with Crippen molar-refractivity contribution in [3.8, 4) is 17.0 Å². The SMILES string of the molecule is COc1nc(NC2CC(C(=O)N(C)C)C2)nn2ccc(-c3ccc4nnn(C)c4c3)c12. The van der Waals surface area contributed by atoms with Crippen LogP contribution >= 0.6 is 0 Å². The Bertz CT molecular complexity index is 1290. The first-order valence-electron chi connectivity index (χ1n) is 10.2. The minimum Gasteiger partial charge on any atom is -0.479 e. The van der Waals surface area contributed by atoms with Gasteiger partial charge in [-0.3, -0.25) is 4.79 Å². The van der Waals surface area contributed by atoms with Crippen molar-refractivity contribution < 1.29 is 9.53 Å². The van der Waals surface area contributed by atoms with Crippen LogP contribution in [0.4, 0.5) is 5.95 Å². The molecule has 31 heavy (non-hydrogen) atoms. The first-order valence-corrected chi connectivity index (χ1v) is 10.2. The van der Waals surface area contributed by atoms with E-state index in [1.807, 2.05) is 37.5 Å². The number of carbonyl (C=O) groups is 1. The predicted octanol–water partition coefficient (Wildman–Crippen LogP) is 1.97. The Morgan fingerprint density at radius 3 is 2.81 bits per heavy atom. The van der Waals surface area contributed by atoms with Crippen molar-refractivity contribution in [2.45, 2.75) is 18.9 Å². The van der Waals surface area contributed by atoms with Gasteiger partial charge in [0, 0.05) is 44.9 Å². The second-order valence-electron chi connectivity index (χ2n) is 8.13. The van der Waals surface area contributed by atoms with E-state index in [0.29, 0.717) is 11.8 Å². The summed E-state index contributed by atoms with van der Waals surface area (Å²) in [4.78, 5) is 18.3. The van der Waals surface area contributed by atoms with Crippen molar-refractivity contribution in [2.75, 3.05) is 26.5 Å². The third-order valence-electron chi connectivity index (χ3n) is 5.86. The van der Waals surface area contributed by atoms with E-state index in [-0.39, 0.29) is 17.9 Å². The smallest absolute Gasteiger partial charge is 0.244 e. The van der Waals surface area contributed by atoms with Crippen molar-refractivity contribution >= 4 is 28.4 Å². The van der Waals surface area contributed by atoms with Gasteiger partial charge in [0.05, 0.1) is 12.6 Å². The molecule has 0 aliphatic heterocycles. The van der Waals surface area contributed by atoms with E-state index in [9.17, 15) is 4.79 Å². The largest absolute Gasteiger partial charge is 0.479 e. The molecule has 5 rings (SSSR count). The second-order valence-corrected chi connectivity index (χ2v) is 8.13. The van der Waals surface area contributed by atoms with Gasteiger partial charge < -0.3 is 15.0 Å². The lowest BCUT2D eigenvalue weighted by Gasteiger charge is -2.36. The molecule has 1 N–H and O–H groups in total. The van der Waals surface area contributed by atoms with Gasteiger partial charge in [0.1, 0.15) is 11.0 Å². The molecule has 0 bridgehead atoms. The van der Waals surface area contributed by atoms with Crippen molar-refractivity contribution in [2.24, 2.45) is 13.0 Å². The summed E-state index contributed by atoms with van der Waals surface area (Å²) in [5.41, 5.74) is 4.55. The van der Waals surface area contributed by atoms with Crippen LogP contribution < -0.4 is 10.1 Å². The molecule has 10 heteroatoms. The highest BCUT2D eigenvalue weighted by Gasteiger charge is 2.35. The van der Waals surface area contributed by atoms with Gasteiger partial charge in [-0.1, -0.05) is 11.3 Å². The molecule has 1 saturated carbocycles. The van der Waals surface area contributed by atoms with Crippen LogP contribution in [0, 0.1) is 5.92 Å². The van der Waals surface area contributed by atoms with Crippen LogP contribution in [0.1, 0.15) is 12.8 Å². The zero-order chi connectivity index (χ0) is 21.7. The van der Waals surface area contributed by atoms with Gasteiger partial charge in [-0.25, -0.2) is 9.20 Å². The monoisotopic (exact) mass is 420 g/mol. The summed E-state index contributed by atoms with van der Waals surface area (Å²) < 4.78 is 9.13. The molecule has 0 radical (unpaired) electrons. The molecule has 0 atom stereocenters. The summed E-state index contributed by atoms with van der Waals surface area (Å²) in [6.07, 6.45) is 3.44. The topological polar surface area (TPSA) is 102 Å². The Labute approximate surface area is 178 Å². The van der Waals surface area contributed by atoms with Crippen molar-refractivity contribution in [3.63, 3.8) is 0 Å². The molecule has 1 aliphatic carbocycles. The maximum Gasteiger partial charge on any atom is 0.244 e. The van der Waals surface area contributed by atoms with Gasteiger partial charge in [-0.2, -0.15) is 4.98 Å². The van der Waals surface area contributed by atoms with E-state index in [1.165, 1.54) is 0 Å². The van der Waals surface area contributed by atoms with Crippen LogP contribution in [-0.4, -0.2) is 67.6 Å². The standard InChI is InChI=1S/C21H24N8O2/c1-27(2)20(30)13-9-14(10-13)22-21-23-19(31-4)18-15(7-8-29(18)25-21)12-5-6-16-17(11-12)28(3)26-24-16/h5-8,11,13-14H,9-10H2,1-4H3,(H,22,25). The van der Waals surface area contributed by atoms with Gasteiger partial charge in [0.2, 0.25) is 17.7 Å². The molecule has 4 aromatic rings. The maximum absolute atomic E-state index is 12.1. The summed E-state index contributed by atoms with van der Waals surface area (Å²) in [5, 5.41) is 16.2. The minimum absolute atomic E-state index is 0.0627. The van der Waals surface area contributed by atoms with Crippen LogP contribution in [0.3, 0.4) is 0 Å². The third-order valence-corrected chi connectivity index (χ3v) is 5.86. The number of amides is 1. The highest BCUT2D eigenvalue weighted by atomic mass is 16.5. The zero-order valence-electron chi connectivity index (χ0n) is 17.9. The number of aryl methyl sites for hydroxylation is 1. The van der Waals surface area contributed by atoms with Crippen LogP contribution in [0.5, 0.6) is 5.88 Å². The Morgan fingerprint density at radius 1 is 1.26 bits per heavy atom. The number of carbonyl (C=O) groups excluding carboxylic acids is 1. The van der Waals surface area contributed by atoms with E-state index in [4.69, 9.17) is 4.74 Å². The van der Waals surface area contributed by atoms with E-state index in [0.717, 1.165) is 40.5 Å². The number of fused-ring (bicyclic) bond motifs is 2. The fourth-order valence-corrected chi connectivity index (χ4v) is 4.11. The Balaban J connectivity index is 1.44. The highest BCUT2D eigenvalue weighted by Crippen LogP contribution is 2.34. The van der Waals surface area contributed by atoms with Crippen LogP contribution in [0.25, 0.3) is 27.7 Å². The summed E-state index contributed by atoms with van der Waals surface area (Å²) in [7, 11) is 7.05. The summed E-state index contributed by atoms with van der Waals surface area (Å²) >= 11 is 0. The number of anilines is 1. The van der Waals surface area contributed by atoms with Crippen molar-refractivity contribution in [3.05, 3.63) is 30.5 Å². The van der Waals surface area contributed by atoms with Crippen molar-refractivity contribution in [1.82, 2.24) is 34.5 Å². The van der Waals surface area contributed by atoms with Gasteiger partial charge in [-0.05, 0) is 36.6 Å². The van der Waals surface area contributed by atoms with Crippen molar-refractivity contribution in [1.29, 1.82) is 0 Å². The Kier molecular flexibility index (Phi) is 4.49. The number of nitrogens with one attached hydrogen (secondary N) is 1. The van der Waals surface area contributed by atoms with Crippen LogP contribution in [0.15, 0.2) is 30.5 Å². The lowest BCUT2D eigenvalue weighted by molar-refractivity contribution is -0.135. The number of nitrogens with zero attached hydrogens (tertiary/aromatic N) is 7. The second kappa shape index (κ2) is 7.22. The molecule has 0 spiro atoms. The van der Waals surface area contributed by atoms with E-state index < -0.39 is 0 Å². The quantitative estimate of drug-likeness (QED) is 0.526. The molecule has 1 fully saturated rings. The van der Waals surface area contributed by atoms with Gasteiger partial charge >= 0.3 is 0 Å². The number of methoxy groups -OCH3 is 1. The number of ether oxygens (including phenoxy) is 1. The minimum atomic E-state index is 0.0627. The molecule has 3 heterocycles. The lowest BCUT2D eigenvalue weighted by atomic mass is 9.79. The predicted molar refractivity (Wildman–Crippen MR) is 116 cm³/mol. The molecule has 1 aromatic carbocycles. The average molecular weight is 420 g/mol. The molecule has 3 aromatic heterocycles. The van der Waals surface area contributed by atoms with E-state index in [1.54, 1.807) is 35.3 Å². The van der Waals surface area contributed by atoms with E-state index in [2.05, 4.69) is 25.7 Å². The third kappa shape index (κ3) is 3.24. The molecular formula is C21H24N8O2. The number of hydrogen-bond donors (Lipinski definition) is 1. The number of benzene rings is 1. The Morgan fingerprint density at radius 2 is 2.06 bits per heavy atom. The molecule has 1 amide bonds. The Hall–Kier alpha value is -3.69. The molecule has 160 valence electrons. The lowest BCUT2D eigenvalue weighted by Crippen LogP contribution is -2.44.